The van der Waals surface area contributed by atoms with Gasteiger partial charge in [-0.3, -0.25) is 4.79 Å². The Hall–Kier alpha value is -1.75. The summed E-state index contributed by atoms with van der Waals surface area (Å²) < 4.78 is 0. The zero-order valence-corrected chi connectivity index (χ0v) is 18.3. The second-order valence-corrected chi connectivity index (χ2v) is 7.47. The monoisotopic (exact) mass is 407 g/mol. The van der Waals surface area contributed by atoms with Crippen molar-refractivity contribution in [2.24, 2.45) is 0 Å². The lowest BCUT2D eigenvalue weighted by Gasteiger charge is -2.13. The Kier molecular flexibility index (Phi) is 18.7. The van der Waals surface area contributed by atoms with Gasteiger partial charge in [-0.2, -0.15) is 11.8 Å². The van der Waals surface area contributed by atoms with Gasteiger partial charge >= 0.3 is 5.97 Å². The van der Waals surface area contributed by atoms with Crippen LogP contribution >= 0.6 is 11.8 Å². The number of carboxylic acids is 1. The van der Waals surface area contributed by atoms with Gasteiger partial charge in [-0.05, 0) is 63.4 Å². The van der Waals surface area contributed by atoms with E-state index in [2.05, 4.69) is 60.8 Å². The average Bonchev–Trinajstić information content (AvgIpc) is 2.67. The summed E-state index contributed by atoms with van der Waals surface area (Å²) >= 11 is 1.58. The number of nitrogens with one attached hydrogen (secondary N) is 1. The summed E-state index contributed by atoms with van der Waals surface area (Å²) in [5.41, 5.74) is 0. The molecule has 5 heteroatoms. The smallest absolute Gasteiger partial charge is 0.326 e. The number of allylic oxidation sites excluding steroid dienone is 8. The first-order valence-corrected chi connectivity index (χ1v) is 11.6. The molecule has 0 aromatic rings. The van der Waals surface area contributed by atoms with Crippen molar-refractivity contribution in [1.29, 1.82) is 0 Å². The average molecular weight is 408 g/mol. The van der Waals surface area contributed by atoms with Crippen LogP contribution in [-0.2, 0) is 9.59 Å². The van der Waals surface area contributed by atoms with Gasteiger partial charge in [0.05, 0.1) is 0 Å². The third-order valence-electron chi connectivity index (χ3n) is 3.99. The van der Waals surface area contributed by atoms with Crippen LogP contribution in [-0.4, -0.2) is 35.0 Å². The van der Waals surface area contributed by atoms with Gasteiger partial charge in [0.1, 0.15) is 6.04 Å². The minimum absolute atomic E-state index is 0.168. The Labute approximate surface area is 175 Å². The number of rotatable bonds is 17. The first kappa shape index (κ1) is 26.2. The largest absolute Gasteiger partial charge is 0.480 e. The molecule has 0 saturated carbocycles. The summed E-state index contributed by atoms with van der Waals surface area (Å²) in [6.07, 6.45) is 26.8. The van der Waals surface area contributed by atoms with Crippen molar-refractivity contribution in [3.63, 3.8) is 0 Å². The van der Waals surface area contributed by atoms with E-state index in [-0.39, 0.29) is 5.91 Å². The highest BCUT2D eigenvalue weighted by atomic mass is 32.2. The fourth-order valence-corrected chi connectivity index (χ4v) is 2.88. The Balaban J connectivity index is 3.70. The lowest BCUT2D eigenvalue weighted by molar-refractivity contribution is -0.141. The van der Waals surface area contributed by atoms with Crippen molar-refractivity contribution in [2.75, 3.05) is 12.0 Å². The second-order valence-electron chi connectivity index (χ2n) is 6.49. The van der Waals surface area contributed by atoms with E-state index in [0.717, 1.165) is 50.7 Å². The lowest BCUT2D eigenvalue weighted by atomic mass is 10.1. The SMILES string of the molecule is CC/C=C\C/C=C\C/C=C\C/C=C\CCCCC(=O)N[C@@H](CCSC)C(=O)O. The highest BCUT2D eigenvalue weighted by Gasteiger charge is 2.18. The van der Waals surface area contributed by atoms with Gasteiger partial charge in [0.25, 0.3) is 0 Å². The van der Waals surface area contributed by atoms with Crippen molar-refractivity contribution < 1.29 is 14.7 Å². The van der Waals surface area contributed by atoms with E-state index in [1.807, 2.05) is 6.26 Å². The molecule has 4 nitrogen and oxygen atoms in total. The third kappa shape index (κ3) is 17.7. The highest BCUT2D eigenvalue weighted by Crippen LogP contribution is 2.05. The minimum atomic E-state index is -0.956. The van der Waals surface area contributed by atoms with Crippen molar-refractivity contribution in [2.45, 2.75) is 70.8 Å². The Morgan fingerprint density at radius 1 is 0.929 bits per heavy atom. The lowest BCUT2D eigenvalue weighted by Crippen LogP contribution is -2.41. The zero-order chi connectivity index (χ0) is 20.9. The molecule has 0 aliphatic rings. The molecule has 2 N–H and O–H groups in total. The number of carbonyl (C=O) groups is 2. The zero-order valence-electron chi connectivity index (χ0n) is 17.4. The van der Waals surface area contributed by atoms with Crippen molar-refractivity contribution in [3.05, 3.63) is 48.6 Å². The first-order valence-electron chi connectivity index (χ1n) is 10.2. The van der Waals surface area contributed by atoms with E-state index < -0.39 is 12.0 Å². The van der Waals surface area contributed by atoms with E-state index in [9.17, 15) is 9.59 Å². The fraction of sp³-hybridized carbons (Fsp3) is 0.565. The molecule has 0 spiro atoms. The summed E-state index contributed by atoms with van der Waals surface area (Å²) in [5.74, 6) is -0.399. The maximum atomic E-state index is 11.8. The van der Waals surface area contributed by atoms with Crippen molar-refractivity contribution in [1.82, 2.24) is 5.32 Å². The van der Waals surface area contributed by atoms with Gasteiger partial charge in [0.15, 0.2) is 0 Å². The van der Waals surface area contributed by atoms with E-state index in [4.69, 9.17) is 5.11 Å². The molecule has 1 amide bonds. The van der Waals surface area contributed by atoms with Crippen molar-refractivity contribution >= 4 is 23.6 Å². The highest BCUT2D eigenvalue weighted by molar-refractivity contribution is 7.98. The Morgan fingerprint density at radius 3 is 2.04 bits per heavy atom. The molecule has 158 valence electrons. The van der Waals surface area contributed by atoms with Gasteiger partial charge in [0, 0.05) is 6.42 Å². The fourth-order valence-electron chi connectivity index (χ4n) is 2.40. The van der Waals surface area contributed by atoms with Crippen LogP contribution in [0.25, 0.3) is 0 Å². The molecule has 28 heavy (non-hydrogen) atoms. The number of aliphatic carboxylic acids is 1. The molecule has 0 unspecified atom stereocenters. The van der Waals surface area contributed by atoms with Gasteiger partial charge in [-0.1, -0.05) is 55.5 Å². The predicted octanol–water partition coefficient (Wildman–Crippen LogP) is 5.67. The summed E-state index contributed by atoms with van der Waals surface area (Å²) in [6, 6.07) is -0.769. The van der Waals surface area contributed by atoms with Crippen LogP contribution in [0.3, 0.4) is 0 Å². The van der Waals surface area contributed by atoms with Gasteiger partial charge in [-0.25, -0.2) is 4.79 Å². The topological polar surface area (TPSA) is 66.4 Å². The molecule has 1 atom stereocenters. The van der Waals surface area contributed by atoms with Gasteiger partial charge < -0.3 is 10.4 Å². The van der Waals surface area contributed by atoms with Crippen LogP contribution in [0.1, 0.15) is 64.7 Å². The molecule has 0 fully saturated rings. The van der Waals surface area contributed by atoms with E-state index in [1.165, 1.54) is 0 Å². The molecular formula is C23H37NO3S. The second kappa shape index (κ2) is 20.0. The van der Waals surface area contributed by atoms with E-state index in [1.54, 1.807) is 11.8 Å². The molecule has 0 saturated heterocycles. The molecule has 0 heterocycles. The number of carboxylic acid groups (broad SMARTS) is 1. The summed E-state index contributed by atoms with van der Waals surface area (Å²) in [5, 5.41) is 11.7. The first-order chi connectivity index (χ1) is 13.6. The standard InChI is InChI=1S/C23H37NO3S/c1-3-4-5-6-7-8-9-10-11-12-13-14-15-16-17-18-22(25)24-21(23(26)27)19-20-28-2/h4-5,7-8,10-11,13-14,21H,3,6,9,12,15-20H2,1-2H3,(H,24,25)(H,26,27)/b5-4-,8-7-,11-10-,14-13-/t21-/m0/s1. The molecule has 0 radical (unpaired) electrons. The van der Waals surface area contributed by atoms with Crippen LogP contribution in [0, 0.1) is 0 Å². The Morgan fingerprint density at radius 2 is 1.50 bits per heavy atom. The number of carbonyl (C=O) groups excluding carboxylic acids is 1. The maximum Gasteiger partial charge on any atom is 0.326 e. The van der Waals surface area contributed by atoms with E-state index >= 15 is 0 Å². The minimum Gasteiger partial charge on any atom is -0.480 e. The molecular weight excluding hydrogens is 370 g/mol. The van der Waals surface area contributed by atoms with E-state index in [0.29, 0.717) is 12.8 Å². The summed E-state index contributed by atoms with van der Waals surface area (Å²) in [7, 11) is 0. The van der Waals surface area contributed by atoms with Crippen LogP contribution in [0.4, 0.5) is 0 Å². The number of unbranched alkanes of at least 4 members (excludes halogenated alkanes) is 2. The predicted molar refractivity (Wildman–Crippen MR) is 122 cm³/mol. The van der Waals surface area contributed by atoms with Gasteiger partial charge in [0.2, 0.25) is 5.91 Å². The van der Waals surface area contributed by atoms with Crippen molar-refractivity contribution in [3.8, 4) is 0 Å². The molecule has 0 aliphatic carbocycles. The summed E-state index contributed by atoms with van der Waals surface area (Å²) in [6.45, 7) is 2.14. The normalized spacial score (nSPS) is 13.2. The number of hydrogen-bond acceptors (Lipinski definition) is 3. The maximum absolute atomic E-state index is 11.8. The van der Waals surface area contributed by atoms with Crippen LogP contribution in [0.2, 0.25) is 0 Å². The van der Waals surface area contributed by atoms with Crippen LogP contribution in [0.5, 0.6) is 0 Å². The molecule has 0 rings (SSSR count). The van der Waals surface area contributed by atoms with Gasteiger partial charge in [-0.15, -0.1) is 0 Å². The molecule has 0 bridgehead atoms. The number of amides is 1. The number of thioether (sulfide) groups is 1. The van der Waals surface area contributed by atoms with Crippen LogP contribution < -0.4 is 5.32 Å². The number of hydrogen-bond donors (Lipinski definition) is 2. The third-order valence-corrected chi connectivity index (χ3v) is 4.63. The van der Waals surface area contributed by atoms with Crippen LogP contribution in [0.15, 0.2) is 48.6 Å². The molecule has 0 aromatic heterocycles. The summed E-state index contributed by atoms with van der Waals surface area (Å²) in [4.78, 5) is 22.9. The quantitative estimate of drug-likeness (QED) is 0.241. The molecule has 0 aliphatic heterocycles. The molecule has 0 aromatic carbocycles. The Bertz CT molecular complexity index is 524.